The van der Waals surface area contributed by atoms with Crippen molar-refractivity contribution in [2.45, 2.75) is 463 Å². The van der Waals surface area contributed by atoms with E-state index < -0.39 is 12.1 Å². The van der Waals surface area contributed by atoms with E-state index in [2.05, 4.69) is 43.5 Å². The molecule has 0 saturated heterocycles. The van der Waals surface area contributed by atoms with E-state index in [1.807, 2.05) is 0 Å². The highest BCUT2D eigenvalue weighted by Gasteiger charge is 2.20. The minimum atomic E-state index is -0.661. The van der Waals surface area contributed by atoms with Crippen molar-refractivity contribution in [3.05, 3.63) is 24.3 Å². The number of allylic oxidation sites excluding steroid dienone is 4. The molecule has 1 amide bonds. The van der Waals surface area contributed by atoms with Crippen molar-refractivity contribution in [3.63, 3.8) is 0 Å². The molecule has 6 heteroatoms. The minimum Gasteiger partial charge on any atom is -0.466 e. The van der Waals surface area contributed by atoms with Crippen molar-refractivity contribution in [2.75, 3.05) is 13.2 Å². The summed E-state index contributed by atoms with van der Waals surface area (Å²) < 4.78 is 5.48. The molecule has 0 aliphatic carbocycles. The first kappa shape index (κ1) is 84.3. The summed E-state index contributed by atoms with van der Waals surface area (Å²) in [5.74, 6) is -0.0130. The number of carbonyl (C=O) groups is 2. The van der Waals surface area contributed by atoms with Crippen molar-refractivity contribution in [1.29, 1.82) is 0 Å². The van der Waals surface area contributed by atoms with E-state index in [9.17, 15) is 19.8 Å². The van der Waals surface area contributed by atoms with Gasteiger partial charge in [0.2, 0.25) is 5.91 Å². The summed E-state index contributed by atoms with van der Waals surface area (Å²) in [5.41, 5.74) is 0. The summed E-state index contributed by atoms with van der Waals surface area (Å²) in [6.07, 6.45) is 97.1. The van der Waals surface area contributed by atoms with Gasteiger partial charge in [0.15, 0.2) is 0 Å². The molecule has 0 fully saturated rings. The van der Waals surface area contributed by atoms with E-state index in [1.54, 1.807) is 0 Å². The Bertz CT molecular complexity index is 1350. The van der Waals surface area contributed by atoms with Crippen LogP contribution in [-0.4, -0.2) is 47.4 Å². The van der Waals surface area contributed by atoms with Crippen LogP contribution in [0, 0.1) is 0 Å². The quantitative estimate of drug-likeness (QED) is 0.0320. The van der Waals surface area contributed by atoms with E-state index in [4.69, 9.17) is 4.74 Å². The molecule has 0 saturated carbocycles. The number of hydrogen-bond acceptors (Lipinski definition) is 5. The zero-order valence-corrected chi connectivity index (χ0v) is 58.6. The molecule has 86 heavy (non-hydrogen) atoms. The van der Waals surface area contributed by atoms with Gasteiger partial charge < -0.3 is 20.3 Å². The fraction of sp³-hybridized carbons (Fsp3) is 0.925. The number of aliphatic hydroxyl groups excluding tert-OH is 2. The van der Waals surface area contributed by atoms with Crippen LogP contribution < -0.4 is 5.32 Å². The Kier molecular flexibility index (Phi) is 74.3. The molecule has 3 N–H and O–H groups in total. The number of unbranched alkanes of at least 4 members (excludes halogenated alkanes) is 60. The zero-order chi connectivity index (χ0) is 62.0. The lowest BCUT2D eigenvalue weighted by molar-refractivity contribution is -0.143. The van der Waals surface area contributed by atoms with Gasteiger partial charge in [-0.2, -0.15) is 0 Å². The van der Waals surface area contributed by atoms with E-state index >= 15 is 0 Å². The van der Waals surface area contributed by atoms with Gasteiger partial charge in [0.05, 0.1) is 25.4 Å². The van der Waals surface area contributed by atoms with Crippen LogP contribution in [0.4, 0.5) is 0 Å². The molecule has 510 valence electrons. The van der Waals surface area contributed by atoms with Gasteiger partial charge in [-0.15, -0.1) is 0 Å². The number of nitrogens with one attached hydrogen (secondary N) is 1. The second-order valence-electron chi connectivity index (χ2n) is 27.4. The van der Waals surface area contributed by atoms with E-state index in [0.717, 1.165) is 44.9 Å². The van der Waals surface area contributed by atoms with Crippen LogP contribution in [0.3, 0.4) is 0 Å². The molecule has 0 radical (unpaired) electrons. The van der Waals surface area contributed by atoms with Crippen LogP contribution in [-0.2, 0) is 14.3 Å². The van der Waals surface area contributed by atoms with Gasteiger partial charge >= 0.3 is 5.97 Å². The highest BCUT2D eigenvalue weighted by atomic mass is 16.5. The molecule has 2 unspecified atom stereocenters. The number of amides is 1. The van der Waals surface area contributed by atoms with E-state index in [1.165, 1.54) is 372 Å². The van der Waals surface area contributed by atoms with Gasteiger partial charge in [-0.1, -0.05) is 385 Å². The monoisotopic (exact) mass is 1210 g/mol. The molecule has 0 aliphatic heterocycles. The maximum atomic E-state index is 12.5. The highest BCUT2D eigenvalue weighted by Crippen LogP contribution is 2.20. The smallest absolute Gasteiger partial charge is 0.305 e. The van der Waals surface area contributed by atoms with Crippen LogP contribution in [0.25, 0.3) is 0 Å². The summed E-state index contributed by atoms with van der Waals surface area (Å²) >= 11 is 0. The molecule has 0 spiro atoms. The number of ether oxygens (including phenoxy) is 1. The summed E-state index contributed by atoms with van der Waals surface area (Å²) in [5, 5.41) is 23.4. The third kappa shape index (κ3) is 71.4. The largest absolute Gasteiger partial charge is 0.466 e. The predicted octanol–water partition coefficient (Wildman–Crippen LogP) is 26.0. The molecular formula is C80H155NO5. The molecule has 0 aromatic rings. The van der Waals surface area contributed by atoms with Crippen LogP contribution in [0.15, 0.2) is 24.3 Å². The van der Waals surface area contributed by atoms with Gasteiger partial charge in [-0.05, 0) is 77.0 Å². The number of aliphatic hydroxyl groups is 2. The molecule has 0 heterocycles. The van der Waals surface area contributed by atoms with Crippen LogP contribution in [0.5, 0.6) is 0 Å². The summed E-state index contributed by atoms with van der Waals surface area (Å²) in [7, 11) is 0. The van der Waals surface area contributed by atoms with Crippen molar-refractivity contribution >= 4 is 11.9 Å². The SMILES string of the molecule is CCCCC/C=C\CCCCCCCC(=O)OCCCCCCCCCCCCCCCCCCCC/C=C\CCCCCCCCCCCCCCCCCCCC(=O)NC(CO)C(O)CCCCCCCCCCCCCCCCCCCC. The Morgan fingerprint density at radius 2 is 0.547 bits per heavy atom. The van der Waals surface area contributed by atoms with Gasteiger partial charge in [-0.25, -0.2) is 0 Å². The molecule has 6 nitrogen and oxygen atoms in total. The third-order valence-electron chi connectivity index (χ3n) is 18.7. The standard InChI is InChI=1S/C80H155NO5/c1-3-5-7-9-11-13-15-17-18-19-43-46-49-52-56-60-64-68-72-78(83)77(76-82)81-79(84)73-69-65-61-57-53-50-47-44-41-39-37-35-33-31-29-27-25-23-21-20-22-24-26-28-30-32-34-36-38-40-42-45-48-51-55-59-63-67-71-75-86-80(85)74-70-66-62-58-54-16-14-12-10-8-6-4-2/h12,14,20-21,77-78,82-83H,3-11,13,15-19,22-76H2,1-2H3,(H,81,84)/b14-12-,21-20-. The van der Waals surface area contributed by atoms with Crippen LogP contribution in [0.2, 0.25) is 0 Å². The maximum absolute atomic E-state index is 12.5. The first-order valence-electron chi connectivity index (χ1n) is 39.6. The average molecular weight is 1210 g/mol. The Labute approximate surface area is 539 Å². The molecule has 0 aromatic heterocycles. The normalized spacial score (nSPS) is 12.6. The zero-order valence-electron chi connectivity index (χ0n) is 58.6. The lowest BCUT2D eigenvalue weighted by Crippen LogP contribution is -2.45. The molecule has 0 aromatic carbocycles. The second kappa shape index (κ2) is 75.8. The number of carbonyl (C=O) groups excluding carboxylic acids is 2. The molecular weight excluding hydrogens is 1050 g/mol. The van der Waals surface area contributed by atoms with Crippen molar-refractivity contribution in [1.82, 2.24) is 5.32 Å². The summed E-state index contributed by atoms with van der Waals surface area (Å²) in [6, 6.07) is -0.538. The number of rotatable bonds is 75. The van der Waals surface area contributed by atoms with Gasteiger partial charge in [-0.3, -0.25) is 9.59 Å². The number of hydrogen-bond donors (Lipinski definition) is 3. The Hall–Kier alpha value is -1.66. The minimum absolute atomic E-state index is 0.0130. The maximum Gasteiger partial charge on any atom is 0.305 e. The highest BCUT2D eigenvalue weighted by molar-refractivity contribution is 5.76. The first-order chi connectivity index (χ1) is 42.5. The summed E-state index contributed by atoms with van der Waals surface area (Å²) in [4.78, 5) is 24.6. The van der Waals surface area contributed by atoms with E-state index in [-0.39, 0.29) is 18.5 Å². The van der Waals surface area contributed by atoms with Crippen molar-refractivity contribution < 1.29 is 24.5 Å². The van der Waals surface area contributed by atoms with Gasteiger partial charge in [0.1, 0.15) is 0 Å². The predicted molar refractivity (Wildman–Crippen MR) is 380 cm³/mol. The Balaban J connectivity index is 3.32. The average Bonchev–Trinajstić information content (AvgIpc) is 3.53. The first-order valence-corrected chi connectivity index (χ1v) is 39.6. The molecule has 2 atom stereocenters. The second-order valence-corrected chi connectivity index (χ2v) is 27.4. The molecule has 0 aliphatic rings. The van der Waals surface area contributed by atoms with Gasteiger partial charge in [0, 0.05) is 12.8 Å². The number of esters is 1. The van der Waals surface area contributed by atoms with Crippen LogP contribution >= 0.6 is 0 Å². The van der Waals surface area contributed by atoms with Crippen molar-refractivity contribution in [3.8, 4) is 0 Å². The topological polar surface area (TPSA) is 95.9 Å². The van der Waals surface area contributed by atoms with Gasteiger partial charge in [0.25, 0.3) is 0 Å². The van der Waals surface area contributed by atoms with E-state index in [0.29, 0.717) is 25.9 Å². The van der Waals surface area contributed by atoms with Crippen molar-refractivity contribution in [2.24, 2.45) is 0 Å². The van der Waals surface area contributed by atoms with Crippen LogP contribution in [0.1, 0.15) is 450 Å². The fourth-order valence-electron chi connectivity index (χ4n) is 12.7. The summed E-state index contributed by atoms with van der Waals surface area (Å²) in [6.45, 7) is 4.97. The Morgan fingerprint density at radius 1 is 0.314 bits per heavy atom. The lowest BCUT2D eigenvalue weighted by atomic mass is 10.0. The third-order valence-corrected chi connectivity index (χ3v) is 18.7. The molecule has 0 bridgehead atoms. The molecule has 0 rings (SSSR count). The Morgan fingerprint density at radius 3 is 0.849 bits per heavy atom. The fourth-order valence-corrected chi connectivity index (χ4v) is 12.7. The lowest BCUT2D eigenvalue weighted by Gasteiger charge is -2.22.